The van der Waals surface area contributed by atoms with Gasteiger partial charge in [-0.3, -0.25) is 0 Å². The average molecular weight is 687 g/mol. The number of anilines is 3. The second-order valence-electron chi connectivity index (χ2n) is 14.1. The lowest BCUT2D eigenvalue weighted by molar-refractivity contribution is 1.17. The molecule has 0 saturated carbocycles. The quantitative estimate of drug-likeness (QED) is 0.169. The molecule has 0 spiro atoms. The van der Waals surface area contributed by atoms with Crippen LogP contribution in [0, 0.1) is 0 Å². The Morgan fingerprint density at radius 3 is 1.46 bits per heavy atom. The van der Waals surface area contributed by atoms with E-state index < -0.39 is 0 Å². The number of para-hydroxylation sites is 2. The number of aromatic nitrogens is 1. The van der Waals surface area contributed by atoms with Crippen molar-refractivity contribution in [2.24, 2.45) is 0 Å². The Bertz CT molecular complexity index is 2970. The Morgan fingerprint density at radius 1 is 0.315 bits per heavy atom. The van der Waals surface area contributed by atoms with Crippen molar-refractivity contribution in [3.63, 3.8) is 0 Å². The highest BCUT2D eigenvalue weighted by Crippen LogP contribution is 2.49. The predicted octanol–water partition coefficient (Wildman–Crippen LogP) is 14.4. The molecule has 1 aromatic heterocycles. The van der Waals surface area contributed by atoms with Gasteiger partial charge < -0.3 is 9.47 Å². The highest BCUT2D eigenvalue weighted by atomic mass is 15.1. The summed E-state index contributed by atoms with van der Waals surface area (Å²) in [4.78, 5) is 2.39. The number of rotatable bonds is 6. The zero-order valence-corrected chi connectivity index (χ0v) is 29.5. The molecule has 54 heavy (non-hydrogen) atoms. The van der Waals surface area contributed by atoms with Crippen LogP contribution >= 0.6 is 0 Å². The Hall–Kier alpha value is -7.16. The van der Waals surface area contributed by atoms with Crippen LogP contribution < -0.4 is 4.90 Å². The van der Waals surface area contributed by atoms with Crippen molar-refractivity contribution >= 4 is 49.6 Å². The lowest BCUT2D eigenvalue weighted by Crippen LogP contribution is -2.10. The average Bonchev–Trinajstić information content (AvgIpc) is 3.75. The van der Waals surface area contributed by atoms with Crippen LogP contribution in [0.1, 0.15) is 0 Å². The summed E-state index contributed by atoms with van der Waals surface area (Å²) in [6.45, 7) is 0. The highest BCUT2D eigenvalue weighted by molar-refractivity contribution is 6.16. The van der Waals surface area contributed by atoms with E-state index in [4.69, 9.17) is 0 Å². The molecule has 0 aliphatic heterocycles. The molecule has 9 aromatic carbocycles. The van der Waals surface area contributed by atoms with Crippen molar-refractivity contribution in [3.8, 4) is 50.2 Å². The van der Waals surface area contributed by atoms with E-state index in [2.05, 4.69) is 216 Å². The van der Waals surface area contributed by atoms with Crippen LogP contribution in [0.25, 0.3) is 82.8 Å². The molecular formula is C52H34N2. The summed E-state index contributed by atoms with van der Waals surface area (Å²) in [6, 6.07) is 75.1. The molecule has 0 unspecified atom stereocenters. The van der Waals surface area contributed by atoms with E-state index in [1.165, 1.54) is 77.1 Å². The van der Waals surface area contributed by atoms with Crippen molar-refractivity contribution in [1.29, 1.82) is 0 Å². The maximum absolute atomic E-state index is 2.39. The molecule has 0 amide bonds. The van der Waals surface area contributed by atoms with Gasteiger partial charge in [-0.1, -0.05) is 146 Å². The van der Waals surface area contributed by atoms with E-state index in [0.717, 1.165) is 22.7 Å². The van der Waals surface area contributed by atoms with Gasteiger partial charge >= 0.3 is 0 Å². The minimum atomic E-state index is 1.10. The molecule has 11 rings (SSSR count). The third-order valence-corrected chi connectivity index (χ3v) is 11.1. The zero-order chi connectivity index (χ0) is 35.6. The van der Waals surface area contributed by atoms with Gasteiger partial charge in [0, 0.05) is 33.5 Å². The molecule has 1 heterocycles. The monoisotopic (exact) mass is 686 g/mol. The summed E-state index contributed by atoms with van der Waals surface area (Å²) in [5.41, 5.74) is 16.9. The number of fused-ring (bicyclic) bond motifs is 6. The van der Waals surface area contributed by atoms with Gasteiger partial charge in [-0.25, -0.2) is 0 Å². The van der Waals surface area contributed by atoms with Crippen LogP contribution in [-0.4, -0.2) is 4.57 Å². The molecule has 2 heteroatoms. The second-order valence-corrected chi connectivity index (χ2v) is 14.1. The van der Waals surface area contributed by atoms with Crippen LogP contribution in [0.4, 0.5) is 17.1 Å². The maximum Gasteiger partial charge on any atom is 0.0541 e. The van der Waals surface area contributed by atoms with Crippen LogP contribution in [0.15, 0.2) is 206 Å². The molecule has 252 valence electrons. The van der Waals surface area contributed by atoms with Gasteiger partial charge in [0.25, 0.3) is 0 Å². The fraction of sp³-hybridized carbons (Fsp3) is 0. The van der Waals surface area contributed by atoms with Crippen LogP contribution in [0.2, 0.25) is 0 Å². The first-order valence-corrected chi connectivity index (χ1v) is 18.6. The second kappa shape index (κ2) is 12.2. The first-order chi connectivity index (χ1) is 26.8. The molecule has 0 N–H and O–H groups in total. The van der Waals surface area contributed by atoms with Gasteiger partial charge in [0.2, 0.25) is 0 Å². The van der Waals surface area contributed by atoms with Gasteiger partial charge in [0.15, 0.2) is 0 Å². The van der Waals surface area contributed by atoms with E-state index in [-0.39, 0.29) is 0 Å². The van der Waals surface area contributed by atoms with Gasteiger partial charge in [0.1, 0.15) is 0 Å². The fourth-order valence-electron chi connectivity index (χ4n) is 8.71. The smallest absolute Gasteiger partial charge is 0.0541 e. The number of nitrogens with zero attached hydrogens (tertiary/aromatic N) is 2. The van der Waals surface area contributed by atoms with E-state index in [1.54, 1.807) is 0 Å². The molecule has 1 aliphatic carbocycles. The van der Waals surface area contributed by atoms with Crippen molar-refractivity contribution < 1.29 is 0 Å². The van der Waals surface area contributed by atoms with Crippen LogP contribution in [0.3, 0.4) is 0 Å². The summed E-state index contributed by atoms with van der Waals surface area (Å²) < 4.78 is 2.38. The lowest BCUT2D eigenvalue weighted by atomic mass is 9.94. The number of hydrogen-bond donors (Lipinski definition) is 0. The van der Waals surface area contributed by atoms with Crippen LogP contribution in [-0.2, 0) is 0 Å². The third kappa shape index (κ3) is 4.74. The van der Waals surface area contributed by atoms with Gasteiger partial charge in [-0.2, -0.15) is 0 Å². The molecule has 2 nitrogen and oxygen atoms in total. The van der Waals surface area contributed by atoms with E-state index in [0.29, 0.717) is 0 Å². The standard InChI is InChI=1S/C52H34N2/c1-2-12-35(13-3-1)42-16-4-5-17-43(42)36-24-26-38(27-25-36)53(41-32-33-44-47-20-10-14-37-15-11-21-48(52(37)47)49(44)34-41)39-28-30-40(31-29-39)54-50-22-8-6-18-45(50)46-19-7-9-23-51(46)54/h1-34H. The highest BCUT2D eigenvalue weighted by Gasteiger charge is 2.23. The number of benzene rings is 9. The molecule has 0 radical (unpaired) electrons. The summed E-state index contributed by atoms with van der Waals surface area (Å²) >= 11 is 0. The first kappa shape index (κ1) is 30.5. The normalized spacial score (nSPS) is 11.7. The molecular weight excluding hydrogens is 653 g/mol. The molecule has 10 aromatic rings. The van der Waals surface area contributed by atoms with Gasteiger partial charge in [0.05, 0.1) is 11.0 Å². The van der Waals surface area contributed by atoms with Gasteiger partial charge in [-0.15, -0.1) is 0 Å². The van der Waals surface area contributed by atoms with Crippen LogP contribution in [0.5, 0.6) is 0 Å². The summed E-state index contributed by atoms with van der Waals surface area (Å²) in [5.74, 6) is 0. The largest absolute Gasteiger partial charge is 0.310 e. The minimum Gasteiger partial charge on any atom is -0.310 e. The summed E-state index contributed by atoms with van der Waals surface area (Å²) in [6.07, 6.45) is 0. The first-order valence-electron chi connectivity index (χ1n) is 18.6. The van der Waals surface area contributed by atoms with Crippen molar-refractivity contribution in [2.45, 2.75) is 0 Å². The summed E-state index contributed by atoms with van der Waals surface area (Å²) in [5, 5.41) is 5.16. The van der Waals surface area contributed by atoms with Crippen molar-refractivity contribution in [2.75, 3.05) is 4.90 Å². The van der Waals surface area contributed by atoms with E-state index in [9.17, 15) is 0 Å². The van der Waals surface area contributed by atoms with Crippen molar-refractivity contribution in [1.82, 2.24) is 4.57 Å². The molecule has 0 fully saturated rings. The van der Waals surface area contributed by atoms with E-state index in [1.807, 2.05) is 0 Å². The van der Waals surface area contributed by atoms with Gasteiger partial charge in [-0.05, 0) is 116 Å². The summed E-state index contributed by atoms with van der Waals surface area (Å²) in [7, 11) is 0. The lowest BCUT2D eigenvalue weighted by Gasteiger charge is -2.27. The molecule has 0 saturated heterocycles. The molecule has 0 bridgehead atoms. The Kier molecular flexibility index (Phi) is 6.90. The Labute approximate surface area is 314 Å². The predicted molar refractivity (Wildman–Crippen MR) is 228 cm³/mol. The topological polar surface area (TPSA) is 8.17 Å². The zero-order valence-electron chi connectivity index (χ0n) is 29.5. The minimum absolute atomic E-state index is 1.10. The van der Waals surface area contributed by atoms with E-state index >= 15 is 0 Å². The Morgan fingerprint density at radius 2 is 0.815 bits per heavy atom. The SMILES string of the molecule is c1ccc(-c2ccccc2-c2ccc(N(c3ccc(-n4c5ccccc5c5ccccc54)cc3)c3ccc4c(c3)-c3cccc5cccc-4c35)cc2)cc1. The fourth-order valence-corrected chi connectivity index (χ4v) is 8.71. The molecule has 1 aliphatic rings. The maximum atomic E-state index is 2.39. The molecule has 0 atom stereocenters. The number of hydrogen-bond acceptors (Lipinski definition) is 1. The third-order valence-electron chi connectivity index (χ3n) is 11.1. The Balaban J connectivity index is 1.05. The van der Waals surface area contributed by atoms with Crippen molar-refractivity contribution in [3.05, 3.63) is 206 Å².